The Bertz CT molecular complexity index is 131. The summed E-state index contributed by atoms with van der Waals surface area (Å²) in [4.78, 5) is 0. The van der Waals surface area contributed by atoms with Gasteiger partial charge in [-0.25, -0.2) is 0 Å². The zero-order valence-corrected chi connectivity index (χ0v) is 6.22. The van der Waals surface area contributed by atoms with Crippen molar-refractivity contribution in [2.75, 3.05) is 0 Å². The number of hydrogen-bond donors (Lipinski definition) is 0. The monoisotopic (exact) mass is 133 g/mol. The Hall–Kier alpha value is -0.780. The van der Waals surface area contributed by atoms with E-state index in [1.165, 1.54) is 25.7 Å². The van der Waals surface area contributed by atoms with Gasteiger partial charge in [-0.2, -0.15) is 0 Å². The van der Waals surface area contributed by atoms with Crippen LogP contribution in [0.15, 0.2) is 30.4 Å². The second kappa shape index (κ2) is 5.04. The average molecular weight is 133 g/mol. The first kappa shape index (κ1) is 7.33. The molecule has 0 amide bonds. The van der Waals surface area contributed by atoms with Gasteiger partial charge in [0.2, 0.25) is 0 Å². The predicted octanol–water partition coefficient (Wildman–Crippen LogP) is 3.03. The molecule has 0 aromatic rings. The summed E-state index contributed by atoms with van der Waals surface area (Å²) >= 11 is 0. The topological polar surface area (TPSA) is 0 Å². The van der Waals surface area contributed by atoms with Crippen molar-refractivity contribution in [3.63, 3.8) is 0 Å². The van der Waals surface area contributed by atoms with Crippen molar-refractivity contribution in [1.82, 2.24) is 0 Å². The summed E-state index contributed by atoms with van der Waals surface area (Å²) in [6.45, 7) is 0. The highest BCUT2D eigenvalue weighted by atomic mass is 13.9. The minimum absolute atomic E-state index is 1.20. The molecule has 53 valence electrons. The molecule has 0 spiro atoms. The highest BCUT2D eigenvalue weighted by molar-refractivity contribution is 5.06. The number of rotatable bonds is 0. The third-order valence-corrected chi connectivity index (χ3v) is 1.53. The van der Waals surface area contributed by atoms with E-state index in [4.69, 9.17) is 0 Å². The van der Waals surface area contributed by atoms with Crippen LogP contribution in [-0.4, -0.2) is 0 Å². The summed E-state index contributed by atoms with van der Waals surface area (Å²) in [5.41, 5.74) is 0. The van der Waals surface area contributed by atoms with Crippen molar-refractivity contribution < 1.29 is 0 Å². The van der Waals surface area contributed by atoms with E-state index in [0.29, 0.717) is 0 Å². The van der Waals surface area contributed by atoms with E-state index >= 15 is 0 Å². The van der Waals surface area contributed by atoms with Crippen LogP contribution in [0.25, 0.3) is 0 Å². The van der Waals surface area contributed by atoms with E-state index in [1.54, 1.807) is 0 Å². The molecule has 0 N–H and O–H groups in total. The fourth-order valence-electron chi connectivity index (χ4n) is 0.951. The Kier molecular flexibility index (Phi) is 3.69. The molecule has 0 saturated heterocycles. The summed E-state index contributed by atoms with van der Waals surface area (Å²) in [6, 6.07) is 0. The number of hydrogen-bond acceptors (Lipinski definition) is 0. The molecule has 0 heteroatoms. The molecule has 0 aromatic carbocycles. The minimum atomic E-state index is 1.20. The van der Waals surface area contributed by atoms with Gasteiger partial charge in [0, 0.05) is 0 Å². The van der Waals surface area contributed by atoms with E-state index < -0.39 is 0 Å². The molecule has 0 aliphatic heterocycles. The van der Waals surface area contributed by atoms with Gasteiger partial charge in [-0.1, -0.05) is 30.4 Å². The van der Waals surface area contributed by atoms with Crippen LogP contribution < -0.4 is 0 Å². The molecule has 0 heterocycles. The van der Waals surface area contributed by atoms with Crippen molar-refractivity contribution >= 4 is 0 Å². The van der Waals surface area contributed by atoms with Gasteiger partial charge >= 0.3 is 0 Å². The summed E-state index contributed by atoms with van der Waals surface area (Å²) in [6.07, 6.45) is 18.5. The predicted molar refractivity (Wildman–Crippen MR) is 44.6 cm³/mol. The molecule has 1 rings (SSSR count). The normalized spacial score (nSPS) is 19.2. The first-order valence-electron chi connectivity index (χ1n) is 3.89. The molecule has 1 aliphatic carbocycles. The lowest BCUT2D eigenvalue weighted by Gasteiger charge is -1.92. The van der Waals surface area contributed by atoms with Gasteiger partial charge < -0.3 is 0 Å². The fraction of sp³-hybridized carbons (Fsp3) is 0.400. The zero-order chi connectivity index (χ0) is 7.07. The van der Waals surface area contributed by atoms with Gasteiger partial charge in [0.1, 0.15) is 0 Å². The Morgan fingerprint density at radius 3 is 2.70 bits per heavy atom. The van der Waals surface area contributed by atoms with E-state index in [2.05, 4.69) is 24.3 Å². The number of allylic oxidation sites excluding steroid dienone is 6. The van der Waals surface area contributed by atoms with Crippen LogP contribution in [0.2, 0.25) is 0 Å². The molecule has 0 nitrogen and oxygen atoms in total. The van der Waals surface area contributed by atoms with Crippen molar-refractivity contribution in [2.45, 2.75) is 25.7 Å². The van der Waals surface area contributed by atoms with Crippen LogP contribution in [0.4, 0.5) is 0 Å². The highest BCUT2D eigenvalue weighted by Gasteiger charge is 1.83. The molecule has 0 aromatic heterocycles. The summed E-state index contributed by atoms with van der Waals surface area (Å²) in [5.74, 6) is 0. The van der Waals surface area contributed by atoms with Crippen molar-refractivity contribution in [2.24, 2.45) is 0 Å². The van der Waals surface area contributed by atoms with Crippen LogP contribution in [0.3, 0.4) is 0 Å². The molecule has 1 aliphatic rings. The van der Waals surface area contributed by atoms with E-state index in [9.17, 15) is 0 Å². The van der Waals surface area contributed by atoms with Gasteiger partial charge in [-0.3, -0.25) is 0 Å². The van der Waals surface area contributed by atoms with E-state index in [1.807, 2.05) is 12.2 Å². The van der Waals surface area contributed by atoms with E-state index in [0.717, 1.165) is 0 Å². The molecule has 10 heavy (non-hydrogen) atoms. The summed E-state index contributed by atoms with van der Waals surface area (Å²) in [7, 11) is 0. The lowest BCUT2D eigenvalue weighted by molar-refractivity contribution is 0.761. The molecular formula is C10H13. The Morgan fingerprint density at radius 1 is 1.00 bits per heavy atom. The largest absolute Gasteiger partial charge is 0.0845 e. The third kappa shape index (κ3) is 3.29. The third-order valence-electron chi connectivity index (χ3n) is 1.53. The summed E-state index contributed by atoms with van der Waals surface area (Å²) in [5, 5.41) is 0. The van der Waals surface area contributed by atoms with E-state index in [-0.39, 0.29) is 0 Å². The second-order valence-electron chi connectivity index (χ2n) is 2.45. The highest BCUT2D eigenvalue weighted by Crippen LogP contribution is 2.02. The molecule has 0 unspecified atom stereocenters. The lowest BCUT2D eigenvalue weighted by atomic mass is 10.1. The molecule has 0 bridgehead atoms. The van der Waals surface area contributed by atoms with Crippen LogP contribution in [0, 0.1) is 6.08 Å². The Balaban J connectivity index is 2.40. The van der Waals surface area contributed by atoms with Gasteiger partial charge in [0.05, 0.1) is 0 Å². The first-order valence-corrected chi connectivity index (χ1v) is 3.89. The quantitative estimate of drug-likeness (QED) is 0.476. The standard InChI is InChI=1S/C10H13/c1-2-4-6-8-10-9-7-5-3-1/h1-3,7,9H,4,6,8,10H2. The molecule has 0 fully saturated rings. The van der Waals surface area contributed by atoms with Gasteiger partial charge in [0.15, 0.2) is 0 Å². The fourth-order valence-corrected chi connectivity index (χ4v) is 0.951. The first-order chi connectivity index (χ1) is 5.00. The molecule has 0 atom stereocenters. The minimum Gasteiger partial charge on any atom is -0.0845 e. The lowest BCUT2D eigenvalue weighted by Crippen LogP contribution is -1.73. The molecule has 1 radical (unpaired) electrons. The van der Waals surface area contributed by atoms with Crippen molar-refractivity contribution in [3.05, 3.63) is 36.5 Å². The van der Waals surface area contributed by atoms with Gasteiger partial charge in [-0.15, -0.1) is 0 Å². The van der Waals surface area contributed by atoms with Crippen LogP contribution >= 0.6 is 0 Å². The van der Waals surface area contributed by atoms with Gasteiger partial charge in [-0.05, 0) is 31.8 Å². The smallest absolute Gasteiger partial charge is 0.0187 e. The average Bonchev–Trinajstić information content (AvgIpc) is 2.01. The molecular weight excluding hydrogens is 120 g/mol. The Morgan fingerprint density at radius 2 is 1.80 bits per heavy atom. The maximum absolute atomic E-state index is 3.06. The van der Waals surface area contributed by atoms with Gasteiger partial charge in [0.25, 0.3) is 0 Å². The van der Waals surface area contributed by atoms with Crippen LogP contribution in [-0.2, 0) is 0 Å². The molecule has 0 saturated carbocycles. The van der Waals surface area contributed by atoms with Crippen LogP contribution in [0.5, 0.6) is 0 Å². The summed E-state index contributed by atoms with van der Waals surface area (Å²) < 4.78 is 0. The second-order valence-corrected chi connectivity index (χ2v) is 2.45. The Labute approximate surface area is 62.9 Å². The SMILES string of the molecule is [C]1=CC=CCCCCC=C1. The maximum Gasteiger partial charge on any atom is -0.0187 e. The van der Waals surface area contributed by atoms with Crippen molar-refractivity contribution in [1.29, 1.82) is 0 Å². The zero-order valence-electron chi connectivity index (χ0n) is 6.22. The van der Waals surface area contributed by atoms with Crippen LogP contribution in [0.1, 0.15) is 25.7 Å². The maximum atomic E-state index is 3.06. The van der Waals surface area contributed by atoms with Crippen molar-refractivity contribution in [3.8, 4) is 0 Å².